The van der Waals surface area contributed by atoms with Crippen LogP contribution in [0.1, 0.15) is 5.56 Å². The lowest BCUT2D eigenvalue weighted by Crippen LogP contribution is -2.00. The fourth-order valence-electron chi connectivity index (χ4n) is 1.90. The van der Waals surface area contributed by atoms with Crippen molar-refractivity contribution >= 4 is 22.8 Å². The van der Waals surface area contributed by atoms with Crippen LogP contribution in [-0.4, -0.2) is 17.1 Å². The highest BCUT2D eigenvalue weighted by atomic mass is 16.5. The molecule has 2 heterocycles. The number of nitrogen functional groups attached to an aromatic ring is 1. The van der Waals surface area contributed by atoms with Crippen LogP contribution in [0.25, 0.3) is 11.1 Å². The molecule has 20 heavy (non-hydrogen) atoms. The summed E-state index contributed by atoms with van der Waals surface area (Å²) in [7, 11) is 1.59. The lowest BCUT2D eigenvalue weighted by atomic mass is 10.2. The Kier molecular flexibility index (Phi) is 3.12. The van der Waals surface area contributed by atoms with E-state index in [1.54, 1.807) is 19.4 Å². The van der Waals surface area contributed by atoms with Gasteiger partial charge in [0.1, 0.15) is 5.52 Å². The van der Waals surface area contributed by atoms with Crippen molar-refractivity contribution in [1.82, 2.24) is 9.97 Å². The molecule has 3 rings (SSSR count). The molecular formula is C14H14N4O2. The van der Waals surface area contributed by atoms with Crippen LogP contribution in [0, 0.1) is 0 Å². The largest absolute Gasteiger partial charge is 0.481 e. The van der Waals surface area contributed by atoms with Gasteiger partial charge in [-0.1, -0.05) is 6.07 Å². The predicted molar refractivity (Wildman–Crippen MR) is 76.5 cm³/mol. The Labute approximate surface area is 115 Å². The zero-order valence-electron chi connectivity index (χ0n) is 11.0. The third-order valence-electron chi connectivity index (χ3n) is 2.90. The Morgan fingerprint density at radius 1 is 1.35 bits per heavy atom. The normalized spacial score (nSPS) is 10.7. The molecule has 0 spiro atoms. The molecule has 0 atom stereocenters. The molecule has 102 valence electrons. The van der Waals surface area contributed by atoms with E-state index in [2.05, 4.69) is 15.3 Å². The molecule has 1 aromatic carbocycles. The average Bonchev–Trinajstić information content (AvgIpc) is 2.90. The summed E-state index contributed by atoms with van der Waals surface area (Å²) >= 11 is 0. The predicted octanol–water partition coefficient (Wildman–Crippen LogP) is 2.43. The zero-order valence-corrected chi connectivity index (χ0v) is 11.0. The van der Waals surface area contributed by atoms with Gasteiger partial charge in [0.15, 0.2) is 5.58 Å². The van der Waals surface area contributed by atoms with E-state index in [-0.39, 0.29) is 0 Å². The summed E-state index contributed by atoms with van der Waals surface area (Å²) in [5.74, 6) is 0.575. The van der Waals surface area contributed by atoms with Crippen LogP contribution in [0.3, 0.4) is 0 Å². The lowest BCUT2D eigenvalue weighted by Gasteiger charge is -2.03. The number of pyridine rings is 1. The summed E-state index contributed by atoms with van der Waals surface area (Å²) in [6, 6.07) is 9.65. The summed E-state index contributed by atoms with van der Waals surface area (Å²) in [5, 5.41) is 3.11. The van der Waals surface area contributed by atoms with Crippen LogP contribution in [0.2, 0.25) is 0 Å². The number of hydrogen-bond donors (Lipinski definition) is 2. The molecule has 0 saturated carbocycles. The van der Waals surface area contributed by atoms with E-state index in [0.717, 1.165) is 5.56 Å². The van der Waals surface area contributed by atoms with Crippen molar-refractivity contribution in [1.29, 1.82) is 0 Å². The Morgan fingerprint density at radius 3 is 3.05 bits per heavy atom. The molecule has 0 saturated heterocycles. The van der Waals surface area contributed by atoms with Gasteiger partial charge >= 0.3 is 0 Å². The third kappa shape index (κ3) is 2.35. The number of anilines is 2. The molecule has 0 aliphatic rings. The number of hydrogen-bond acceptors (Lipinski definition) is 6. The van der Waals surface area contributed by atoms with Crippen LogP contribution in [0.4, 0.5) is 11.7 Å². The molecule has 0 amide bonds. The molecule has 3 aromatic rings. The van der Waals surface area contributed by atoms with Crippen LogP contribution in [0.5, 0.6) is 5.88 Å². The Balaban J connectivity index is 1.78. The van der Waals surface area contributed by atoms with E-state index in [0.29, 0.717) is 35.2 Å². The van der Waals surface area contributed by atoms with Crippen LogP contribution in [-0.2, 0) is 6.54 Å². The number of ether oxygens (including phenoxy) is 1. The summed E-state index contributed by atoms with van der Waals surface area (Å²) in [5.41, 5.74) is 8.80. The van der Waals surface area contributed by atoms with Crippen molar-refractivity contribution in [2.45, 2.75) is 6.54 Å². The topological polar surface area (TPSA) is 86.2 Å². The van der Waals surface area contributed by atoms with E-state index >= 15 is 0 Å². The second kappa shape index (κ2) is 5.08. The van der Waals surface area contributed by atoms with Gasteiger partial charge < -0.3 is 20.2 Å². The number of nitrogens with zero attached hydrogens (tertiary/aromatic N) is 2. The van der Waals surface area contributed by atoms with Crippen molar-refractivity contribution < 1.29 is 9.15 Å². The first-order valence-electron chi connectivity index (χ1n) is 6.14. The number of para-hydroxylation sites is 1. The number of oxazole rings is 1. The monoisotopic (exact) mass is 270 g/mol. The fourth-order valence-corrected chi connectivity index (χ4v) is 1.90. The molecule has 0 aliphatic heterocycles. The molecule has 0 bridgehead atoms. The lowest BCUT2D eigenvalue weighted by molar-refractivity contribution is 0.397. The van der Waals surface area contributed by atoms with Gasteiger partial charge in [-0.2, -0.15) is 4.98 Å². The van der Waals surface area contributed by atoms with Gasteiger partial charge in [-0.05, 0) is 23.8 Å². The molecule has 0 aliphatic carbocycles. The Hall–Kier alpha value is -2.76. The van der Waals surface area contributed by atoms with E-state index in [9.17, 15) is 0 Å². The van der Waals surface area contributed by atoms with Gasteiger partial charge in [0.25, 0.3) is 6.01 Å². The van der Waals surface area contributed by atoms with E-state index in [4.69, 9.17) is 14.9 Å². The quantitative estimate of drug-likeness (QED) is 0.708. The molecular weight excluding hydrogens is 256 g/mol. The van der Waals surface area contributed by atoms with Gasteiger partial charge in [0.05, 0.1) is 12.8 Å². The van der Waals surface area contributed by atoms with Gasteiger partial charge in [-0.15, -0.1) is 0 Å². The van der Waals surface area contributed by atoms with Crippen molar-refractivity contribution in [3.8, 4) is 5.88 Å². The molecule has 6 heteroatoms. The van der Waals surface area contributed by atoms with Crippen molar-refractivity contribution in [2.75, 3.05) is 18.2 Å². The number of nitrogens with one attached hydrogen (secondary N) is 1. The SMILES string of the molecule is COc1cc(CNc2nc3c(N)cccc3o2)ccn1. The highest BCUT2D eigenvalue weighted by Crippen LogP contribution is 2.23. The first kappa shape index (κ1) is 12.3. The Morgan fingerprint density at radius 2 is 2.25 bits per heavy atom. The minimum absolute atomic E-state index is 0.439. The number of nitrogens with two attached hydrogens (primary N) is 1. The highest BCUT2D eigenvalue weighted by Gasteiger charge is 2.07. The first-order valence-corrected chi connectivity index (χ1v) is 6.14. The van der Waals surface area contributed by atoms with E-state index in [1.165, 1.54) is 0 Å². The van der Waals surface area contributed by atoms with Crippen molar-refractivity contribution in [3.63, 3.8) is 0 Å². The van der Waals surface area contributed by atoms with Crippen LogP contribution in [0.15, 0.2) is 40.9 Å². The standard InChI is InChI=1S/C14H14N4O2/c1-19-12-7-9(5-6-16-12)8-17-14-18-13-10(15)3-2-4-11(13)20-14/h2-7H,8,15H2,1H3,(H,17,18). The molecule has 0 radical (unpaired) electrons. The first-order chi connectivity index (χ1) is 9.76. The second-order valence-electron chi connectivity index (χ2n) is 4.27. The summed E-state index contributed by atoms with van der Waals surface area (Å²) in [6.07, 6.45) is 1.69. The molecule has 0 fully saturated rings. The summed E-state index contributed by atoms with van der Waals surface area (Å²) in [4.78, 5) is 8.37. The van der Waals surface area contributed by atoms with E-state index in [1.807, 2.05) is 24.3 Å². The van der Waals surface area contributed by atoms with Gasteiger partial charge in [0.2, 0.25) is 5.88 Å². The highest BCUT2D eigenvalue weighted by molar-refractivity contribution is 5.86. The minimum atomic E-state index is 0.439. The van der Waals surface area contributed by atoms with E-state index < -0.39 is 0 Å². The van der Waals surface area contributed by atoms with Crippen molar-refractivity contribution in [2.24, 2.45) is 0 Å². The smallest absolute Gasteiger partial charge is 0.296 e. The molecule has 6 nitrogen and oxygen atoms in total. The number of rotatable bonds is 4. The van der Waals surface area contributed by atoms with Crippen molar-refractivity contribution in [3.05, 3.63) is 42.1 Å². The number of benzene rings is 1. The maximum atomic E-state index is 5.84. The third-order valence-corrected chi connectivity index (χ3v) is 2.90. The Bertz CT molecular complexity index is 739. The van der Waals surface area contributed by atoms with Gasteiger partial charge in [-0.25, -0.2) is 4.98 Å². The van der Waals surface area contributed by atoms with Crippen LogP contribution < -0.4 is 15.8 Å². The van der Waals surface area contributed by atoms with Gasteiger partial charge in [0, 0.05) is 18.8 Å². The maximum absolute atomic E-state index is 5.84. The molecule has 3 N–H and O–H groups in total. The maximum Gasteiger partial charge on any atom is 0.296 e. The van der Waals surface area contributed by atoms with Crippen LogP contribution >= 0.6 is 0 Å². The zero-order chi connectivity index (χ0) is 13.9. The minimum Gasteiger partial charge on any atom is -0.481 e. The average molecular weight is 270 g/mol. The number of methoxy groups -OCH3 is 1. The number of aromatic nitrogens is 2. The van der Waals surface area contributed by atoms with Gasteiger partial charge in [-0.3, -0.25) is 0 Å². The number of fused-ring (bicyclic) bond motifs is 1. The second-order valence-corrected chi connectivity index (χ2v) is 4.27. The molecule has 2 aromatic heterocycles. The summed E-state index contributed by atoms with van der Waals surface area (Å²) < 4.78 is 10.7. The summed E-state index contributed by atoms with van der Waals surface area (Å²) in [6.45, 7) is 0.561. The molecule has 0 unspecified atom stereocenters. The fraction of sp³-hybridized carbons (Fsp3) is 0.143.